The number of sulfonamides is 1. The number of rotatable bonds is 3. The Morgan fingerprint density at radius 2 is 1.85 bits per heavy atom. The van der Waals surface area contributed by atoms with E-state index in [4.69, 9.17) is 11.6 Å². The predicted octanol–water partition coefficient (Wildman–Crippen LogP) is 2.01. The fourth-order valence-corrected chi connectivity index (χ4v) is 2.88. The molecule has 0 atom stereocenters. The average molecular weight is 377 g/mol. The van der Waals surface area contributed by atoms with E-state index in [2.05, 4.69) is 25.9 Å². The van der Waals surface area contributed by atoms with Gasteiger partial charge in [0.2, 0.25) is 0 Å². The number of carbonyl (C=O) groups excluding carboxylic acids is 1. The Morgan fingerprint density at radius 1 is 1.15 bits per heavy atom. The zero-order valence-corrected chi connectivity index (χ0v) is 12.9. The van der Waals surface area contributed by atoms with Crippen LogP contribution in [0.3, 0.4) is 0 Å². The van der Waals surface area contributed by atoms with E-state index in [0.29, 0.717) is 4.47 Å². The Kier molecular flexibility index (Phi) is 4.36. The van der Waals surface area contributed by atoms with Gasteiger partial charge in [-0.2, -0.15) is 0 Å². The molecule has 0 unspecified atom stereocenters. The molecule has 0 aliphatic rings. The lowest BCUT2D eigenvalue weighted by Crippen LogP contribution is -2.30. The summed E-state index contributed by atoms with van der Waals surface area (Å²) in [6.07, 6.45) is 5.12. The van der Waals surface area contributed by atoms with Crippen LogP contribution in [0.2, 0.25) is 5.02 Å². The van der Waals surface area contributed by atoms with Crippen LogP contribution in [0, 0.1) is 0 Å². The van der Waals surface area contributed by atoms with Gasteiger partial charge < -0.3 is 0 Å². The fraction of sp³-hybridized carbons (Fsp3) is 0. The van der Waals surface area contributed by atoms with Crippen LogP contribution in [-0.2, 0) is 10.0 Å². The maximum atomic E-state index is 12.0. The molecule has 1 amide bonds. The highest BCUT2D eigenvalue weighted by atomic mass is 79.9. The number of amides is 1. The van der Waals surface area contributed by atoms with E-state index >= 15 is 0 Å². The van der Waals surface area contributed by atoms with E-state index in [-0.39, 0.29) is 15.5 Å². The van der Waals surface area contributed by atoms with Gasteiger partial charge in [-0.25, -0.2) is 13.1 Å². The van der Waals surface area contributed by atoms with E-state index in [9.17, 15) is 13.2 Å². The maximum Gasteiger partial charge on any atom is 0.266 e. The van der Waals surface area contributed by atoms with Gasteiger partial charge in [-0.1, -0.05) is 11.6 Å². The Bertz CT molecular complexity index is 767. The molecule has 0 saturated heterocycles. The van der Waals surface area contributed by atoms with Crippen LogP contribution in [0.4, 0.5) is 0 Å². The molecular weight excluding hydrogens is 370 g/mol. The summed E-state index contributed by atoms with van der Waals surface area (Å²) < 4.78 is 26.5. The summed E-state index contributed by atoms with van der Waals surface area (Å²) in [5.41, 5.74) is 0.109. The van der Waals surface area contributed by atoms with Crippen molar-refractivity contribution < 1.29 is 13.2 Å². The smallest absolute Gasteiger partial charge is 0.266 e. The van der Waals surface area contributed by atoms with Crippen molar-refractivity contribution in [3.05, 3.63) is 52.0 Å². The van der Waals surface area contributed by atoms with Crippen LogP contribution in [0.5, 0.6) is 0 Å². The lowest BCUT2D eigenvalue weighted by Gasteiger charge is -2.06. The van der Waals surface area contributed by atoms with Crippen molar-refractivity contribution in [3.63, 3.8) is 0 Å². The summed E-state index contributed by atoms with van der Waals surface area (Å²) in [5.74, 6) is -0.793. The monoisotopic (exact) mass is 375 g/mol. The largest absolute Gasteiger partial charge is 0.268 e. The quantitative estimate of drug-likeness (QED) is 0.885. The molecule has 0 radical (unpaired) electrons. The van der Waals surface area contributed by atoms with Crippen molar-refractivity contribution in [2.45, 2.75) is 4.90 Å². The highest BCUT2D eigenvalue weighted by Crippen LogP contribution is 2.14. The lowest BCUT2D eigenvalue weighted by molar-refractivity contribution is 0.0981. The second-order valence-electron chi connectivity index (χ2n) is 3.67. The number of hydrogen-bond donors (Lipinski definition) is 1. The van der Waals surface area contributed by atoms with E-state index in [1.54, 1.807) is 0 Å². The van der Waals surface area contributed by atoms with Gasteiger partial charge in [-0.3, -0.25) is 14.8 Å². The summed E-state index contributed by atoms with van der Waals surface area (Å²) in [5, 5.41) is 0.157. The van der Waals surface area contributed by atoms with Crippen LogP contribution < -0.4 is 4.72 Å². The summed E-state index contributed by atoms with van der Waals surface area (Å²) in [6, 6.07) is 2.65. The van der Waals surface area contributed by atoms with Crippen LogP contribution in [0.25, 0.3) is 0 Å². The molecule has 2 aromatic rings. The molecule has 104 valence electrons. The van der Waals surface area contributed by atoms with Crippen LogP contribution in [0.15, 0.2) is 46.3 Å². The van der Waals surface area contributed by atoms with Gasteiger partial charge in [0.25, 0.3) is 15.9 Å². The second kappa shape index (κ2) is 5.86. The van der Waals surface area contributed by atoms with Crippen LogP contribution in [0.1, 0.15) is 10.4 Å². The van der Waals surface area contributed by atoms with Crippen LogP contribution >= 0.6 is 27.5 Å². The Morgan fingerprint density at radius 3 is 2.50 bits per heavy atom. The molecule has 0 aliphatic carbocycles. The topological polar surface area (TPSA) is 89.0 Å². The van der Waals surface area contributed by atoms with Crippen molar-refractivity contribution in [2.24, 2.45) is 0 Å². The number of nitrogens with zero attached hydrogens (tertiary/aromatic N) is 2. The molecule has 1 N–H and O–H groups in total. The van der Waals surface area contributed by atoms with Crippen molar-refractivity contribution in [3.8, 4) is 0 Å². The number of nitrogens with one attached hydrogen (secondary N) is 1. The first-order chi connectivity index (χ1) is 9.38. The summed E-state index contributed by atoms with van der Waals surface area (Å²) >= 11 is 8.81. The Hall–Kier alpha value is -1.51. The van der Waals surface area contributed by atoms with Crippen molar-refractivity contribution in [1.29, 1.82) is 0 Å². The molecule has 0 aliphatic heterocycles. The molecule has 2 rings (SSSR count). The minimum atomic E-state index is -4.03. The fourth-order valence-electron chi connectivity index (χ4n) is 1.32. The van der Waals surface area contributed by atoms with Gasteiger partial charge in [0.05, 0.1) is 10.6 Å². The second-order valence-corrected chi connectivity index (χ2v) is 6.70. The normalized spacial score (nSPS) is 11.1. The predicted molar refractivity (Wildman–Crippen MR) is 75.8 cm³/mol. The summed E-state index contributed by atoms with van der Waals surface area (Å²) in [6.45, 7) is 0. The molecule has 0 spiro atoms. The first-order valence-corrected chi connectivity index (χ1v) is 7.82. The van der Waals surface area contributed by atoms with Gasteiger partial charge in [-0.05, 0) is 28.1 Å². The van der Waals surface area contributed by atoms with E-state index in [1.165, 1.54) is 30.7 Å². The number of hydrogen-bond acceptors (Lipinski definition) is 5. The number of halogens is 2. The SMILES string of the molecule is O=C(NS(=O)(=O)c1cncc(Cl)c1)c1cncc(Br)c1. The maximum absolute atomic E-state index is 12.0. The first-order valence-electron chi connectivity index (χ1n) is 5.17. The molecule has 9 heteroatoms. The molecule has 0 saturated carbocycles. The minimum Gasteiger partial charge on any atom is -0.268 e. The summed E-state index contributed by atoms with van der Waals surface area (Å²) in [4.78, 5) is 19.1. The highest BCUT2D eigenvalue weighted by molar-refractivity contribution is 9.10. The average Bonchev–Trinajstić information content (AvgIpc) is 2.38. The number of carbonyl (C=O) groups is 1. The minimum absolute atomic E-state index is 0.109. The summed E-state index contributed by atoms with van der Waals surface area (Å²) in [7, 11) is -4.03. The Balaban J connectivity index is 2.27. The van der Waals surface area contributed by atoms with Gasteiger partial charge in [0.15, 0.2) is 0 Å². The van der Waals surface area contributed by atoms with Gasteiger partial charge in [0, 0.05) is 29.3 Å². The van der Waals surface area contributed by atoms with E-state index in [0.717, 1.165) is 6.20 Å². The Labute approximate surface area is 128 Å². The third-order valence-corrected chi connectivity index (χ3v) is 4.12. The molecule has 0 fully saturated rings. The van der Waals surface area contributed by atoms with Crippen molar-refractivity contribution in [2.75, 3.05) is 0 Å². The number of aromatic nitrogens is 2. The van der Waals surface area contributed by atoms with Crippen molar-refractivity contribution >= 4 is 43.5 Å². The molecule has 0 bridgehead atoms. The van der Waals surface area contributed by atoms with E-state index < -0.39 is 15.9 Å². The molecule has 2 heterocycles. The van der Waals surface area contributed by atoms with Gasteiger partial charge in [-0.15, -0.1) is 0 Å². The standard InChI is InChI=1S/C11H7BrClN3O3S/c12-8-1-7(3-14-4-8)11(17)16-20(18,19)10-2-9(13)5-15-6-10/h1-6H,(H,16,17). The number of pyridine rings is 2. The third kappa shape index (κ3) is 3.53. The zero-order valence-electron chi connectivity index (χ0n) is 9.75. The highest BCUT2D eigenvalue weighted by Gasteiger charge is 2.19. The molecule has 0 aromatic carbocycles. The lowest BCUT2D eigenvalue weighted by atomic mass is 10.3. The molecule has 20 heavy (non-hydrogen) atoms. The van der Waals surface area contributed by atoms with Crippen LogP contribution in [-0.4, -0.2) is 24.3 Å². The first kappa shape index (κ1) is 14.9. The molecular formula is C11H7BrClN3O3S. The van der Waals surface area contributed by atoms with E-state index in [1.807, 2.05) is 4.72 Å². The molecule has 2 aromatic heterocycles. The van der Waals surface area contributed by atoms with Gasteiger partial charge >= 0.3 is 0 Å². The van der Waals surface area contributed by atoms with Gasteiger partial charge in [0.1, 0.15) is 4.90 Å². The zero-order chi connectivity index (χ0) is 14.8. The third-order valence-electron chi connectivity index (χ3n) is 2.18. The molecule has 6 nitrogen and oxygen atoms in total. The van der Waals surface area contributed by atoms with Crippen molar-refractivity contribution in [1.82, 2.24) is 14.7 Å².